The summed E-state index contributed by atoms with van der Waals surface area (Å²) in [6.07, 6.45) is 2.40. The molecule has 0 saturated heterocycles. The van der Waals surface area contributed by atoms with Gasteiger partial charge in [0.15, 0.2) is 0 Å². The van der Waals surface area contributed by atoms with Gasteiger partial charge in [-0.3, -0.25) is 4.57 Å². The van der Waals surface area contributed by atoms with Crippen LogP contribution in [0.15, 0.2) is 29.3 Å². The highest BCUT2D eigenvalue weighted by molar-refractivity contribution is 5.47. The molecular weight excluding hydrogens is 264 g/mol. The number of anilines is 1. The molecule has 0 atom stereocenters. The van der Waals surface area contributed by atoms with Crippen LogP contribution in [0.2, 0.25) is 0 Å². The Bertz CT molecular complexity index is 698. The molecule has 0 radical (unpaired) electrons. The van der Waals surface area contributed by atoms with Crippen molar-refractivity contribution in [3.05, 3.63) is 46.1 Å². The van der Waals surface area contributed by atoms with Crippen LogP contribution in [0.3, 0.4) is 0 Å². The second-order valence-electron chi connectivity index (χ2n) is 6.14. The van der Waals surface area contributed by atoms with Crippen LogP contribution < -0.4 is 11.0 Å². The minimum absolute atomic E-state index is 0.185. The van der Waals surface area contributed by atoms with E-state index < -0.39 is 0 Å². The molecule has 1 aromatic carbocycles. The van der Waals surface area contributed by atoms with Crippen molar-refractivity contribution in [1.29, 1.82) is 0 Å². The van der Waals surface area contributed by atoms with Crippen LogP contribution in [0.4, 0.5) is 5.95 Å². The van der Waals surface area contributed by atoms with Gasteiger partial charge in [0.1, 0.15) is 6.33 Å². The SMILES string of the molecule is CCc1cccc(C)c1-n1cnc(NC(C)(C)C)nc1=O. The molecule has 5 nitrogen and oxygen atoms in total. The summed E-state index contributed by atoms with van der Waals surface area (Å²) in [5, 5.41) is 3.11. The Balaban J connectivity index is 2.50. The Morgan fingerprint density at radius 2 is 2.00 bits per heavy atom. The highest BCUT2D eigenvalue weighted by atomic mass is 16.1. The molecule has 0 amide bonds. The zero-order valence-corrected chi connectivity index (χ0v) is 13.3. The van der Waals surface area contributed by atoms with Crippen LogP contribution in [-0.4, -0.2) is 20.1 Å². The predicted molar refractivity (Wildman–Crippen MR) is 85.1 cm³/mol. The molecule has 2 aromatic rings. The first-order valence-corrected chi connectivity index (χ1v) is 7.14. The quantitative estimate of drug-likeness (QED) is 0.942. The normalized spacial score (nSPS) is 11.5. The molecule has 0 aliphatic rings. The van der Waals surface area contributed by atoms with Crippen LogP contribution in [-0.2, 0) is 6.42 Å². The first-order valence-electron chi connectivity index (χ1n) is 7.14. The lowest BCUT2D eigenvalue weighted by molar-refractivity contribution is 0.622. The van der Waals surface area contributed by atoms with Gasteiger partial charge in [-0.05, 0) is 45.2 Å². The maximum Gasteiger partial charge on any atom is 0.356 e. The lowest BCUT2D eigenvalue weighted by atomic mass is 10.1. The zero-order chi connectivity index (χ0) is 15.6. The predicted octanol–water partition coefficient (Wildman–Crippen LogP) is 2.71. The molecule has 1 heterocycles. The van der Waals surface area contributed by atoms with Gasteiger partial charge in [0.2, 0.25) is 5.95 Å². The van der Waals surface area contributed by atoms with Gasteiger partial charge in [0, 0.05) is 5.54 Å². The monoisotopic (exact) mass is 286 g/mol. The summed E-state index contributed by atoms with van der Waals surface area (Å²) in [7, 11) is 0. The van der Waals surface area contributed by atoms with E-state index in [0.717, 1.165) is 23.2 Å². The second-order valence-corrected chi connectivity index (χ2v) is 6.14. The molecule has 0 saturated carbocycles. The fourth-order valence-electron chi connectivity index (χ4n) is 2.23. The molecule has 2 rings (SSSR count). The first kappa shape index (κ1) is 15.2. The van der Waals surface area contributed by atoms with E-state index in [4.69, 9.17) is 0 Å². The average molecular weight is 286 g/mol. The lowest BCUT2D eigenvalue weighted by Crippen LogP contribution is -2.31. The molecule has 5 heteroatoms. The highest BCUT2D eigenvalue weighted by Gasteiger charge is 2.14. The summed E-state index contributed by atoms with van der Waals surface area (Å²) in [6, 6.07) is 6.01. The third kappa shape index (κ3) is 3.48. The van der Waals surface area contributed by atoms with Crippen LogP contribution in [0, 0.1) is 6.92 Å². The summed E-state index contributed by atoms with van der Waals surface area (Å²) in [5.74, 6) is 0.357. The number of nitrogens with zero attached hydrogens (tertiary/aromatic N) is 3. The Hall–Kier alpha value is -2.17. The Labute approximate surface area is 125 Å². The molecule has 0 aliphatic heterocycles. The number of para-hydroxylation sites is 1. The van der Waals surface area contributed by atoms with E-state index in [2.05, 4.69) is 22.2 Å². The molecular formula is C16H22N4O. The van der Waals surface area contributed by atoms with Crippen molar-refractivity contribution in [3.63, 3.8) is 0 Å². The maximum atomic E-state index is 12.3. The van der Waals surface area contributed by atoms with Gasteiger partial charge in [-0.2, -0.15) is 4.98 Å². The van der Waals surface area contributed by atoms with Crippen molar-refractivity contribution in [2.45, 2.75) is 46.6 Å². The Morgan fingerprint density at radius 3 is 2.57 bits per heavy atom. The van der Waals surface area contributed by atoms with E-state index in [1.54, 1.807) is 6.33 Å². The summed E-state index contributed by atoms with van der Waals surface area (Å²) in [4.78, 5) is 20.6. The van der Waals surface area contributed by atoms with Crippen molar-refractivity contribution < 1.29 is 0 Å². The number of nitrogens with one attached hydrogen (secondary N) is 1. The standard InChI is InChI=1S/C16H22N4O/c1-6-12-9-7-8-11(2)13(12)20-10-17-14(18-15(20)21)19-16(3,4)5/h7-10H,6H2,1-5H3,(H,18,19,21). The molecule has 1 N–H and O–H groups in total. The molecule has 1 aromatic heterocycles. The summed E-state index contributed by atoms with van der Waals surface area (Å²) in [5.41, 5.74) is 2.53. The minimum Gasteiger partial charge on any atom is -0.349 e. The van der Waals surface area contributed by atoms with Crippen LogP contribution in [0.25, 0.3) is 5.69 Å². The van der Waals surface area contributed by atoms with E-state index in [-0.39, 0.29) is 11.2 Å². The molecule has 0 fully saturated rings. The van der Waals surface area contributed by atoms with Gasteiger partial charge in [0.25, 0.3) is 0 Å². The van der Waals surface area contributed by atoms with Gasteiger partial charge >= 0.3 is 5.69 Å². The van der Waals surface area contributed by atoms with E-state index in [0.29, 0.717) is 5.95 Å². The summed E-state index contributed by atoms with van der Waals surface area (Å²) < 4.78 is 1.52. The molecule has 0 aliphatic carbocycles. The van der Waals surface area contributed by atoms with Crippen molar-refractivity contribution in [2.24, 2.45) is 0 Å². The minimum atomic E-state index is -0.319. The lowest BCUT2D eigenvalue weighted by Gasteiger charge is -2.20. The smallest absolute Gasteiger partial charge is 0.349 e. The fraction of sp³-hybridized carbons (Fsp3) is 0.438. The second kappa shape index (κ2) is 5.68. The van der Waals surface area contributed by atoms with Gasteiger partial charge in [-0.25, -0.2) is 9.78 Å². The largest absolute Gasteiger partial charge is 0.356 e. The number of benzene rings is 1. The zero-order valence-electron chi connectivity index (χ0n) is 13.3. The van der Waals surface area contributed by atoms with Gasteiger partial charge in [-0.15, -0.1) is 0 Å². The van der Waals surface area contributed by atoms with Crippen LogP contribution in [0.5, 0.6) is 0 Å². The molecule has 0 spiro atoms. The maximum absolute atomic E-state index is 12.3. The van der Waals surface area contributed by atoms with Gasteiger partial charge in [0.05, 0.1) is 5.69 Å². The molecule has 0 unspecified atom stereocenters. The number of hydrogen-bond acceptors (Lipinski definition) is 4. The third-order valence-electron chi connectivity index (χ3n) is 3.13. The number of aromatic nitrogens is 3. The Morgan fingerprint density at radius 1 is 1.29 bits per heavy atom. The number of hydrogen-bond donors (Lipinski definition) is 1. The topological polar surface area (TPSA) is 59.8 Å². The molecule has 0 bridgehead atoms. The van der Waals surface area contributed by atoms with Crippen molar-refractivity contribution in [2.75, 3.05) is 5.32 Å². The highest BCUT2D eigenvalue weighted by Crippen LogP contribution is 2.18. The van der Waals surface area contributed by atoms with Crippen molar-refractivity contribution in [1.82, 2.24) is 14.5 Å². The van der Waals surface area contributed by atoms with Crippen molar-refractivity contribution >= 4 is 5.95 Å². The van der Waals surface area contributed by atoms with Gasteiger partial charge < -0.3 is 5.32 Å². The van der Waals surface area contributed by atoms with Crippen molar-refractivity contribution in [3.8, 4) is 5.69 Å². The van der Waals surface area contributed by atoms with Crippen LogP contribution in [0.1, 0.15) is 38.8 Å². The summed E-state index contributed by atoms with van der Waals surface area (Å²) in [6.45, 7) is 10.1. The Kier molecular flexibility index (Phi) is 4.11. The molecule has 21 heavy (non-hydrogen) atoms. The van der Waals surface area contributed by atoms with E-state index in [1.165, 1.54) is 4.57 Å². The first-order chi connectivity index (χ1) is 9.81. The van der Waals surface area contributed by atoms with Crippen LogP contribution >= 0.6 is 0 Å². The number of rotatable bonds is 3. The molecule has 112 valence electrons. The average Bonchev–Trinajstić information content (AvgIpc) is 2.37. The summed E-state index contributed by atoms with van der Waals surface area (Å²) >= 11 is 0. The third-order valence-corrected chi connectivity index (χ3v) is 3.13. The number of aryl methyl sites for hydroxylation is 2. The fourth-order valence-corrected chi connectivity index (χ4v) is 2.23. The van der Waals surface area contributed by atoms with Gasteiger partial charge in [-0.1, -0.05) is 25.1 Å². The van der Waals surface area contributed by atoms with E-state index in [9.17, 15) is 4.79 Å². The van der Waals surface area contributed by atoms with E-state index in [1.807, 2.05) is 45.9 Å². The van der Waals surface area contributed by atoms with E-state index >= 15 is 0 Å².